The maximum absolute atomic E-state index is 13.6. The van der Waals surface area contributed by atoms with E-state index < -0.39 is 26.3 Å². The third-order valence-corrected chi connectivity index (χ3v) is 5.17. The quantitative estimate of drug-likeness (QED) is 0.921. The van der Waals surface area contributed by atoms with Gasteiger partial charge in [0.05, 0.1) is 5.60 Å². The number of hydrogen-bond acceptors (Lipinski definition) is 3. The number of hydrogen-bond donors (Lipinski definition) is 1. The first kappa shape index (κ1) is 13.7. The normalized spacial score (nSPS) is 19.6. The molecule has 0 atom stereocenters. The molecule has 0 saturated carbocycles. The highest BCUT2D eigenvalue weighted by molar-refractivity contribution is 7.89. The van der Waals surface area contributed by atoms with E-state index in [2.05, 4.69) is 0 Å². The predicted molar refractivity (Wildman–Crippen MR) is 65.4 cm³/mol. The van der Waals surface area contributed by atoms with Crippen LogP contribution in [0.2, 0.25) is 5.02 Å². The second kappa shape index (κ2) is 4.45. The molecule has 100 valence electrons. The van der Waals surface area contributed by atoms with Crippen molar-refractivity contribution in [1.82, 2.24) is 4.31 Å². The SMILES string of the molecule is CCC1(O)CN(S(=O)(=O)c2ccc(Cl)cc2F)C1. The van der Waals surface area contributed by atoms with Gasteiger partial charge in [0.1, 0.15) is 10.7 Å². The summed E-state index contributed by atoms with van der Waals surface area (Å²) in [5, 5.41) is 9.93. The van der Waals surface area contributed by atoms with Crippen molar-refractivity contribution in [2.75, 3.05) is 13.1 Å². The summed E-state index contributed by atoms with van der Waals surface area (Å²) in [4.78, 5) is -0.412. The Balaban J connectivity index is 2.28. The molecule has 1 saturated heterocycles. The molecule has 7 heteroatoms. The van der Waals surface area contributed by atoms with Crippen LogP contribution in [0.15, 0.2) is 23.1 Å². The van der Waals surface area contributed by atoms with Gasteiger partial charge >= 0.3 is 0 Å². The van der Waals surface area contributed by atoms with Gasteiger partial charge in [0, 0.05) is 18.1 Å². The second-order valence-electron chi connectivity index (χ2n) is 4.43. The van der Waals surface area contributed by atoms with Crippen molar-refractivity contribution in [3.8, 4) is 0 Å². The molecule has 1 aliphatic rings. The summed E-state index contributed by atoms with van der Waals surface area (Å²) >= 11 is 5.57. The number of nitrogens with zero attached hydrogens (tertiary/aromatic N) is 1. The molecule has 1 aromatic rings. The van der Waals surface area contributed by atoms with Crippen LogP contribution in [0, 0.1) is 5.82 Å². The fourth-order valence-electron chi connectivity index (χ4n) is 1.83. The molecule has 1 heterocycles. The van der Waals surface area contributed by atoms with Crippen molar-refractivity contribution in [1.29, 1.82) is 0 Å². The van der Waals surface area contributed by atoms with Crippen LogP contribution in [0.1, 0.15) is 13.3 Å². The Morgan fingerprint density at radius 3 is 2.61 bits per heavy atom. The molecule has 1 aromatic carbocycles. The summed E-state index contributed by atoms with van der Waals surface area (Å²) in [5.41, 5.74) is -0.990. The Bertz CT molecular complexity index is 570. The zero-order valence-electron chi connectivity index (χ0n) is 9.73. The highest BCUT2D eigenvalue weighted by atomic mass is 35.5. The van der Waals surface area contributed by atoms with Gasteiger partial charge in [-0.25, -0.2) is 12.8 Å². The van der Waals surface area contributed by atoms with Crippen molar-refractivity contribution in [3.63, 3.8) is 0 Å². The molecule has 0 aliphatic carbocycles. The van der Waals surface area contributed by atoms with E-state index in [1.165, 1.54) is 6.07 Å². The highest BCUT2D eigenvalue weighted by Crippen LogP contribution is 2.31. The monoisotopic (exact) mass is 293 g/mol. The molecule has 1 N–H and O–H groups in total. The Morgan fingerprint density at radius 1 is 1.50 bits per heavy atom. The van der Waals surface area contributed by atoms with E-state index in [9.17, 15) is 17.9 Å². The molecule has 0 spiro atoms. The van der Waals surface area contributed by atoms with Crippen LogP contribution in [0.4, 0.5) is 4.39 Å². The van der Waals surface area contributed by atoms with E-state index in [1.807, 2.05) is 0 Å². The zero-order chi connectivity index (χ0) is 13.6. The van der Waals surface area contributed by atoms with E-state index in [-0.39, 0.29) is 18.1 Å². The van der Waals surface area contributed by atoms with Gasteiger partial charge in [0.25, 0.3) is 0 Å². The fourth-order valence-corrected chi connectivity index (χ4v) is 3.63. The van der Waals surface area contributed by atoms with Crippen molar-refractivity contribution in [2.45, 2.75) is 23.8 Å². The highest BCUT2D eigenvalue weighted by Gasteiger charge is 2.46. The van der Waals surface area contributed by atoms with Gasteiger partial charge in [-0.05, 0) is 24.6 Å². The van der Waals surface area contributed by atoms with Crippen LogP contribution < -0.4 is 0 Å². The molecule has 18 heavy (non-hydrogen) atoms. The van der Waals surface area contributed by atoms with Crippen LogP contribution in [0.5, 0.6) is 0 Å². The van der Waals surface area contributed by atoms with Crippen molar-refractivity contribution >= 4 is 21.6 Å². The third-order valence-electron chi connectivity index (χ3n) is 3.11. The number of sulfonamides is 1. The standard InChI is InChI=1S/C11H13ClFNO3S/c1-2-11(15)6-14(7-11)18(16,17)10-4-3-8(12)5-9(10)13/h3-5,15H,2,6-7H2,1H3. The van der Waals surface area contributed by atoms with Gasteiger partial charge in [0.15, 0.2) is 0 Å². The molecule has 0 radical (unpaired) electrons. The second-order valence-corrected chi connectivity index (χ2v) is 6.77. The average Bonchev–Trinajstić information content (AvgIpc) is 2.24. The Labute approximate surface area is 110 Å². The van der Waals surface area contributed by atoms with E-state index in [0.717, 1.165) is 16.4 Å². The number of benzene rings is 1. The summed E-state index contributed by atoms with van der Waals surface area (Å²) in [6, 6.07) is 3.42. The first-order valence-electron chi connectivity index (χ1n) is 5.46. The molecule has 0 aromatic heterocycles. The molecule has 2 rings (SSSR count). The van der Waals surface area contributed by atoms with Gasteiger partial charge in [0.2, 0.25) is 10.0 Å². The number of aliphatic hydroxyl groups is 1. The maximum atomic E-state index is 13.6. The Kier molecular flexibility index (Phi) is 3.40. The van der Waals surface area contributed by atoms with E-state index in [0.29, 0.717) is 6.42 Å². The van der Waals surface area contributed by atoms with Crippen LogP contribution in [0.3, 0.4) is 0 Å². The lowest BCUT2D eigenvalue weighted by Gasteiger charge is -2.44. The van der Waals surface area contributed by atoms with Crippen LogP contribution in [0.25, 0.3) is 0 Å². The van der Waals surface area contributed by atoms with Crippen LogP contribution in [-0.2, 0) is 10.0 Å². The Morgan fingerprint density at radius 2 is 2.11 bits per heavy atom. The predicted octanol–water partition coefficient (Wildman–Crippen LogP) is 1.62. The van der Waals surface area contributed by atoms with Crippen LogP contribution in [-0.4, -0.2) is 36.5 Å². The molecular weight excluding hydrogens is 281 g/mol. The maximum Gasteiger partial charge on any atom is 0.246 e. The Hall–Kier alpha value is -0.690. The molecule has 4 nitrogen and oxygen atoms in total. The minimum atomic E-state index is -3.89. The number of rotatable bonds is 3. The molecule has 0 bridgehead atoms. The average molecular weight is 294 g/mol. The fraction of sp³-hybridized carbons (Fsp3) is 0.455. The van der Waals surface area contributed by atoms with Crippen molar-refractivity contribution < 1.29 is 17.9 Å². The summed E-state index contributed by atoms with van der Waals surface area (Å²) in [7, 11) is -3.89. The molecule has 0 unspecified atom stereocenters. The molecule has 1 aliphatic heterocycles. The lowest BCUT2D eigenvalue weighted by atomic mass is 9.94. The van der Waals surface area contributed by atoms with Gasteiger partial charge in [-0.3, -0.25) is 0 Å². The molecule has 0 amide bonds. The van der Waals surface area contributed by atoms with Gasteiger partial charge in [-0.1, -0.05) is 18.5 Å². The van der Waals surface area contributed by atoms with E-state index in [4.69, 9.17) is 11.6 Å². The van der Waals surface area contributed by atoms with E-state index >= 15 is 0 Å². The summed E-state index contributed by atoms with van der Waals surface area (Å²) < 4.78 is 38.8. The summed E-state index contributed by atoms with van der Waals surface area (Å²) in [5.74, 6) is -0.880. The zero-order valence-corrected chi connectivity index (χ0v) is 11.3. The van der Waals surface area contributed by atoms with Crippen molar-refractivity contribution in [3.05, 3.63) is 29.0 Å². The topological polar surface area (TPSA) is 57.6 Å². The number of halogens is 2. The van der Waals surface area contributed by atoms with Gasteiger partial charge in [-0.15, -0.1) is 0 Å². The van der Waals surface area contributed by atoms with E-state index in [1.54, 1.807) is 6.92 Å². The van der Waals surface area contributed by atoms with Gasteiger partial charge < -0.3 is 5.11 Å². The smallest absolute Gasteiger partial charge is 0.246 e. The largest absolute Gasteiger partial charge is 0.387 e. The van der Waals surface area contributed by atoms with Crippen LogP contribution >= 0.6 is 11.6 Å². The van der Waals surface area contributed by atoms with Crippen molar-refractivity contribution in [2.24, 2.45) is 0 Å². The van der Waals surface area contributed by atoms with Gasteiger partial charge in [-0.2, -0.15) is 4.31 Å². The number of β-amino-alcohol motifs (C(OH)–C–C–N with tert-alkyl or cyclic N) is 1. The molecular formula is C11H13ClFNO3S. The lowest BCUT2D eigenvalue weighted by Crippen LogP contribution is -2.62. The third kappa shape index (κ3) is 2.25. The first-order chi connectivity index (χ1) is 8.28. The minimum Gasteiger partial charge on any atom is -0.387 e. The summed E-state index contributed by atoms with van der Waals surface area (Å²) in [6.07, 6.45) is 0.460. The minimum absolute atomic E-state index is 0.00605. The first-order valence-corrected chi connectivity index (χ1v) is 7.28. The lowest BCUT2D eigenvalue weighted by molar-refractivity contribution is -0.0614. The molecule has 1 fully saturated rings. The summed E-state index contributed by atoms with van der Waals surface area (Å²) in [6.45, 7) is 1.76.